The van der Waals surface area contributed by atoms with Crippen LogP contribution in [0.25, 0.3) is 0 Å². The van der Waals surface area contributed by atoms with E-state index in [0.29, 0.717) is 12.8 Å². The minimum atomic E-state index is -3.00. The molecule has 0 spiro atoms. The van der Waals surface area contributed by atoms with E-state index in [2.05, 4.69) is 5.32 Å². The summed E-state index contributed by atoms with van der Waals surface area (Å²) in [5.41, 5.74) is 0. The lowest BCUT2D eigenvalue weighted by molar-refractivity contribution is -0.118. The minimum Gasteiger partial charge on any atom is -0.355 e. The maximum Gasteiger partial charge on any atom is 0.216 e. The number of carbonyl (C=O) groups excluding carboxylic acids is 1. The molecule has 1 fully saturated rings. The van der Waals surface area contributed by atoms with Crippen molar-refractivity contribution >= 4 is 15.7 Å². The van der Waals surface area contributed by atoms with E-state index in [-0.39, 0.29) is 12.5 Å². The fourth-order valence-electron chi connectivity index (χ4n) is 1.10. The highest BCUT2D eigenvalue weighted by Crippen LogP contribution is 2.42. The number of hydrogen-bond acceptors (Lipinski definition) is 3. The molecule has 0 aromatic rings. The molecule has 0 unspecified atom stereocenters. The molecule has 0 bridgehead atoms. The Morgan fingerprint density at radius 3 is 2.25 bits per heavy atom. The van der Waals surface area contributed by atoms with Crippen LogP contribution in [0.15, 0.2) is 0 Å². The Kier molecular flexibility index (Phi) is 2.16. The zero-order chi connectivity index (χ0) is 9.41. The highest BCUT2D eigenvalue weighted by atomic mass is 32.2. The van der Waals surface area contributed by atoms with Gasteiger partial charge in [-0.1, -0.05) is 0 Å². The molecule has 12 heavy (non-hydrogen) atoms. The van der Waals surface area contributed by atoms with Gasteiger partial charge in [0.05, 0.1) is 4.75 Å². The van der Waals surface area contributed by atoms with Crippen LogP contribution in [-0.2, 0) is 14.6 Å². The predicted molar refractivity (Wildman–Crippen MR) is 45.5 cm³/mol. The molecule has 0 radical (unpaired) electrons. The van der Waals surface area contributed by atoms with Gasteiger partial charge in [-0.3, -0.25) is 4.79 Å². The number of carbonyl (C=O) groups is 1. The van der Waals surface area contributed by atoms with Crippen LogP contribution in [0.3, 0.4) is 0 Å². The first-order valence-corrected chi connectivity index (χ1v) is 5.71. The SMILES string of the molecule is CC(=O)NCC1(S(C)(=O)=O)CC1. The first kappa shape index (κ1) is 9.51. The summed E-state index contributed by atoms with van der Waals surface area (Å²) in [7, 11) is -3.00. The minimum absolute atomic E-state index is 0.176. The number of hydrogen-bond donors (Lipinski definition) is 1. The molecule has 5 heteroatoms. The van der Waals surface area contributed by atoms with Gasteiger partial charge in [0.2, 0.25) is 5.91 Å². The summed E-state index contributed by atoms with van der Waals surface area (Å²) < 4.78 is 21.7. The molecule has 1 N–H and O–H groups in total. The van der Waals surface area contributed by atoms with Crippen LogP contribution >= 0.6 is 0 Å². The molecule has 0 saturated heterocycles. The third-order valence-corrected chi connectivity index (χ3v) is 4.38. The summed E-state index contributed by atoms with van der Waals surface area (Å²) >= 11 is 0. The van der Waals surface area contributed by atoms with Gasteiger partial charge in [-0.25, -0.2) is 8.42 Å². The van der Waals surface area contributed by atoms with Gasteiger partial charge in [0.15, 0.2) is 9.84 Å². The van der Waals surface area contributed by atoms with Crippen molar-refractivity contribution in [2.24, 2.45) is 0 Å². The van der Waals surface area contributed by atoms with Gasteiger partial charge in [-0.2, -0.15) is 0 Å². The molecule has 1 rings (SSSR count). The van der Waals surface area contributed by atoms with E-state index in [4.69, 9.17) is 0 Å². The van der Waals surface area contributed by atoms with Crippen LogP contribution in [0.2, 0.25) is 0 Å². The quantitative estimate of drug-likeness (QED) is 0.666. The molecular formula is C7H13NO3S. The van der Waals surface area contributed by atoms with E-state index in [9.17, 15) is 13.2 Å². The molecule has 0 aromatic carbocycles. The largest absolute Gasteiger partial charge is 0.355 e. The Bertz CT molecular complexity index is 290. The number of sulfone groups is 1. The lowest BCUT2D eigenvalue weighted by atomic mass is 10.4. The van der Waals surface area contributed by atoms with Crippen molar-refractivity contribution in [1.29, 1.82) is 0 Å². The van der Waals surface area contributed by atoms with Crippen LogP contribution in [0.4, 0.5) is 0 Å². The molecule has 0 heterocycles. The maximum atomic E-state index is 11.2. The number of amides is 1. The van der Waals surface area contributed by atoms with Crippen LogP contribution in [0.1, 0.15) is 19.8 Å². The van der Waals surface area contributed by atoms with Crippen molar-refractivity contribution in [3.63, 3.8) is 0 Å². The van der Waals surface area contributed by atoms with Gasteiger partial charge in [0, 0.05) is 19.7 Å². The maximum absolute atomic E-state index is 11.2. The molecule has 0 atom stereocenters. The Morgan fingerprint density at radius 2 is 2.00 bits per heavy atom. The van der Waals surface area contributed by atoms with E-state index >= 15 is 0 Å². The zero-order valence-electron chi connectivity index (χ0n) is 7.25. The topological polar surface area (TPSA) is 63.2 Å². The highest BCUT2D eigenvalue weighted by Gasteiger charge is 2.51. The summed E-state index contributed by atoms with van der Waals surface area (Å²) in [6.45, 7) is 1.65. The second-order valence-electron chi connectivity index (χ2n) is 3.36. The second-order valence-corrected chi connectivity index (χ2v) is 5.78. The average molecular weight is 191 g/mol. The second kappa shape index (κ2) is 2.73. The van der Waals surface area contributed by atoms with Crippen molar-refractivity contribution in [1.82, 2.24) is 5.32 Å². The third-order valence-electron chi connectivity index (χ3n) is 2.25. The lowest BCUT2D eigenvalue weighted by Gasteiger charge is -2.12. The molecule has 1 aliphatic rings. The highest BCUT2D eigenvalue weighted by molar-refractivity contribution is 7.92. The standard InChI is InChI=1S/C7H13NO3S/c1-6(9)8-5-7(3-4-7)12(2,10)11/h3-5H2,1-2H3,(H,8,9). The molecule has 4 nitrogen and oxygen atoms in total. The van der Waals surface area contributed by atoms with Crippen molar-refractivity contribution < 1.29 is 13.2 Å². The Labute approximate surface area is 72.3 Å². The first-order valence-electron chi connectivity index (χ1n) is 3.81. The average Bonchev–Trinajstić information content (AvgIpc) is 2.60. The summed E-state index contributed by atoms with van der Waals surface area (Å²) in [6.07, 6.45) is 2.57. The monoisotopic (exact) mass is 191 g/mol. The lowest BCUT2D eigenvalue weighted by Crippen LogP contribution is -2.36. The van der Waals surface area contributed by atoms with Gasteiger partial charge in [0.1, 0.15) is 0 Å². The zero-order valence-corrected chi connectivity index (χ0v) is 8.07. The smallest absolute Gasteiger partial charge is 0.216 e. The van der Waals surface area contributed by atoms with Gasteiger partial charge < -0.3 is 5.32 Å². The molecule has 1 amide bonds. The first-order chi connectivity index (χ1) is 5.37. The van der Waals surface area contributed by atoms with E-state index < -0.39 is 14.6 Å². The Hall–Kier alpha value is -0.580. The van der Waals surface area contributed by atoms with Crippen LogP contribution in [-0.4, -0.2) is 31.9 Å². The van der Waals surface area contributed by atoms with Crippen LogP contribution in [0.5, 0.6) is 0 Å². The fraction of sp³-hybridized carbons (Fsp3) is 0.857. The number of nitrogens with one attached hydrogen (secondary N) is 1. The molecular weight excluding hydrogens is 178 g/mol. The third kappa shape index (κ3) is 1.77. The summed E-state index contributed by atoms with van der Waals surface area (Å²) in [5.74, 6) is -0.176. The summed E-state index contributed by atoms with van der Waals surface area (Å²) in [4.78, 5) is 10.5. The van der Waals surface area contributed by atoms with Crippen LogP contribution in [0, 0.1) is 0 Å². The molecule has 70 valence electrons. The van der Waals surface area contributed by atoms with E-state index in [1.165, 1.54) is 13.2 Å². The Morgan fingerprint density at radius 1 is 1.50 bits per heavy atom. The van der Waals surface area contributed by atoms with Crippen molar-refractivity contribution in [2.75, 3.05) is 12.8 Å². The molecule has 1 saturated carbocycles. The Balaban J connectivity index is 2.58. The van der Waals surface area contributed by atoms with Crippen molar-refractivity contribution in [3.8, 4) is 0 Å². The number of rotatable bonds is 3. The van der Waals surface area contributed by atoms with E-state index in [0.717, 1.165) is 0 Å². The molecule has 0 aliphatic heterocycles. The normalized spacial score (nSPS) is 20.2. The van der Waals surface area contributed by atoms with Crippen LogP contribution < -0.4 is 5.32 Å². The van der Waals surface area contributed by atoms with Crippen molar-refractivity contribution in [3.05, 3.63) is 0 Å². The predicted octanol–water partition coefficient (Wildman–Crippen LogP) is -0.300. The van der Waals surface area contributed by atoms with E-state index in [1.807, 2.05) is 0 Å². The van der Waals surface area contributed by atoms with Gasteiger partial charge >= 0.3 is 0 Å². The van der Waals surface area contributed by atoms with Crippen molar-refractivity contribution in [2.45, 2.75) is 24.5 Å². The summed E-state index contributed by atoms with van der Waals surface area (Å²) in [6, 6.07) is 0. The van der Waals surface area contributed by atoms with E-state index in [1.54, 1.807) is 0 Å². The summed E-state index contributed by atoms with van der Waals surface area (Å²) in [5, 5.41) is 2.54. The molecule has 0 aromatic heterocycles. The van der Waals surface area contributed by atoms with Gasteiger partial charge in [-0.15, -0.1) is 0 Å². The molecule has 1 aliphatic carbocycles. The van der Waals surface area contributed by atoms with Gasteiger partial charge in [0.25, 0.3) is 0 Å². The van der Waals surface area contributed by atoms with Gasteiger partial charge in [-0.05, 0) is 12.8 Å². The fourth-order valence-corrected chi connectivity index (χ4v) is 2.28.